The summed E-state index contributed by atoms with van der Waals surface area (Å²) in [6.45, 7) is 4.43. The van der Waals surface area contributed by atoms with E-state index < -0.39 is 0 Å². The van der Waals surface area contributed by atoms with E-state index in [1.165, 1.54) is 5.56 Å². The van der Waals surface area contributed by atoms with Crippen LogP contribution in [0.3, 0.4) is 0 Å². The number of rotatable bonds is 3. The molecule has 1 heterocycles. The lowest BCUT2D eigenvalue weighted by molar-refractivity contribution is 1.09. The number of nitrogens with zero attached hydrogens (tertiary/aromatic N) is 1. The summed E-state index contributed by atoms with van der Waals surface area (Å²) in [7, 11) is 0. The van der Waals surface area contributed by atoms with E-state index in [1.807, 2.05) is 32.0 Å². The minimum atomic E-state index is 0.585. The van der Waals surface area contributed by atoms with Crippen LogP contribution in [-0.4, -0.2) is 4.98 Å². The lowest BCUT2D eigenvalue weighted by Gasteiger charge is -2.13. The average Bonchev–Trinajstić information content (AvgIpc) is 2.38. The van der Waals surface area contributed by atoms with E-state index in [0.29, 0.717) is 16.6 Å². The third-order valence-corrected chi connectivity index (χ3v) is 3.65. The molecule has 0 unspecified atom stereocenters. The Morgan fingerprint density at radius 3 is 2.11 bits per heavy atom. The second-order valence-corrected chi connectivity index (χ2v) is 4.88. The summed E-state index contributed by atoms with van der Waals surface area (Å²) < 4.78 is 0. The first kappa shape index (κ1) is 13.2. The second-order valence-electron chi connectivity index (χ2n) is 4.12. The van der Waals surface area contributed by atoms with Crippen molar-refractivity contribution in [3.63, 3.8) is 0 Å². The molecule has 2 nitrogen and oxygen atoms in total. The minimum Gasteiger partial charge on any atom is -0.378 e. The van der Waals surface area contributed by atoms with Crippen LogP contribution in [0.5, 0.6) is 0 Å². The lowest BCUT2D eigenvalue weighted by atomic mass is 10.2. The Bertz CT molecular complexity index is 527. The predicted molar refractivity (Wildman–Crippen MR) is 77.5 cm³/mol. The number of aryl methyl sites for hydroxylation is 2. The highest BCUT2D eigenvalue weighted by Gasteiger charge is 2.12. The first-order valence-electron chi connectivity index (χ1n) is 5.69. The smallest absolute Gasteiger partial charge is 0.0865 e. The molecule has 0 bridgehead atoms. The van der Waals surface area contributed by atoms with Crippen molar-refractivity contribution < 1.29 is 0 Å². The second kappa shape index (κ2) is 5.59. The standard InChI is InChI=1S/C14H14Cl2N2/c1-9-12(15)14(13(16)10(2)18-9)17-8-11-6-4-3-5-7-11/h3-7H,8H2,1-2H3,(H,17,18). The van der Waals surface area contributed by atoms with Gasteiger partial charge in [0.05, 0.1) is 27.1 Å². The summed E-state index contributed by atoms with van der Waals surface area (Å²) in [5.74, 6) is 0. The summed E-state index contributed by atoms with van der Waals surface area (Å²) in [5.41, 5.74) is 3.51. The molecular weight excluding hydrogens is 267 g/mol. The molecule has 0 amide bonds. The van der Waals surface area contributed by atoms with Crippen LogP contribution in [0.1, 0.15) is 17.0 Å². The van der Waals surface area contributed by atoms with Crippen molar-refractivity contribution >= 4 is 28.9 Å². The molecule has 0 fully saturated rings. The third-order valence-electron chi connectivity index (χ3n) is 2.72. The highest BCUT2D eigenvalue weighted by molar-refractivity contribution is 6.39. The van der Waals surface area contributed by atoms with E-state index in [0.717, 1.165) is 17.1 Å². The average molecular weight is 281 g/mol. The normalized spacial score (nSPS) is 10.4. The van der Waals surface area contributed by atoms with Gasteiger partial charge >= 0.3 is 0 Å². The quantitative estimate of drug-likeness (QED) is 0.888. The molecule has 0 saturated carbocycles. The highest BCUT2D eigenvalue weighted by atomic mass is 35.5. The fraction of sp³-hybridized carbons (Fsp3) is 0.214. The molecule has 1 N–H and O–H groups in total. The first-order valence-corrected chi connectivity index (χ1v) is 6.45. The van der Waals surface area contributed by atoms with Gasteiger partial charge in [0.2, 0.25) is 0 Å². The summed E-state index contributed by atoms with van der Waals surface area (Å²) >= 11 is 12.5. The molecule has 0 saturated heterocycles. The Labute approximate surface area is 117 Å². The van der Waals surface area contributed by atoms with Crippen LogP contribution in [0, 0.1) is 13.8 Å². The maximum atomic E-state index is 6.23. The number of hydrogen-bond acceptors (Lipinski definition) is 2. The number of halogens is 2. The number of benzene rings is 1. The molecule has 1 aromatic heterocycles. The Balaban J connectivity index is 2.24. The summed E-state index contributed by atoms with van der Waals surface area (Å²) in [4.78, 5) is 4.28. The Morgan fingerprint density at radius 1 is 1.00 bits per heavy atom. The van der Waals surface area contributed by atoms with Crippen molar-refractivity contribution in [2.24, 2.45) is 0 Å². The predicted octanol–water partition coefficient (Wildman–Crippen LogP) is 4.62. The van der Waals surface area contributed by atoms with Crippen LogP contribution >= 0.6 is 23.2 Å². The zero-order valence-corrected chi connectivity index (χ0v) is 11.8. The topological polar surface area (TPSA) is 24.9 Å². The fourth-order valence-electron chi connectivity index (χ4n) is 1.75. The van der Waals surface area contributed by atoms with Crippen molar-refractivity contribution in [2.45, 2.75) is 20.4 Å². The first-order chi connectivity index (χ1) is 8.59. The molecule has 0 spiro atoms. The lowest BCUT2D eigenvalue weighted by Crippen LogP contribution is -2.03. The number of anilines is 1. The Morgan fingerprint density at radius 2 is 1.56 bits per heavy atom. The number of aromatic nitrogens is 1. The van der Waals surface area contributed by atoms with Crippen LogP contribution in [-0.2, 0) is 6.54 Å². The van der Waals surface area contributed by atoms with Crippen LogP contribution in [0.25, 0.3) is 0 Å². The van der Waals surface area contributed by atoms with Gasteiger partial charge in [-0.25, -0.2) is 0 Å². The third kappa shape index (κ3) is 2.77. The molecule has 0 aliphatic heterocycles. The van der Waals surface area contributed by atoms with Crippen molar-refractivity contribution in [1.29, 1.82) is 0 Å². The van der Waals surface area contributed by atoms with Crippen molar-refractivity contribution in [1.82, 2.24) is 4.98 Å². The molecule has 94 valence electrons. The van der Waals surface area contributed by atoms with Crippen LogP contribution in [0.4, 0.5) is 5.69 Å². The van der Waals surface area contributed by atoms with Gasteiger partial charge in [0.25, 0.3) is 0 Å². The fourth-order valence-corrected chi connectivity index (χ4v) is 2.20. The molecule has 4 heteroatoms. The maximum Gasteiger partial charge on any atom is 0.0865 e. The van der Waals surface area contributed by atoms with Gasteiger partial charge in [-0.3, -0.25) is 4.98 Å². The minimum absolute atomic E-state index is 0.585. The molecule has 18 heavy (non-hydrogen) atoms. The molecule has 0 aliphatic carbocycles. The van der Waals surface area contributed by atoms with Gasteiger partial charge in [0.15, 0.2) is 0 Å². The molecule has 0 aliphatic rings. The van der Waals surface area contributed by atoms with Crippen LogP contribution < -0.4 is 5.32 Å². The molecule has 2 aromatic rings. The van der Waals surface area contributed by atoms with Gasteiger partial charge in [-0.2, -0.15) is 0 Å². The SMILES string of the molecule is Cc1nc(C)c(Cl)c(NCc2ccccc2)c1Cl. The Kier molecular flexibility index (Phi) is 4.10. The summed E-state index contributed by atoms with van der Waals surface area (Å²) in [5, 5.41) is 4.44. The summed E-state index contributed by atoms with van der Waals surface area (Å²) in [6.07, 6.45) is 0. The van der Waals surface area contributed by atoms with Gasteiger partial charge in [-0.15, -0.1) is 0 Å². The van der Waals surface area contributed by atoms with Crippen LogP contribution in [0.2, 0.25) is 10.0 Å². The van der Waals surface area contributed by atoms with Gasteiger partial charge in [-0.1, -0.05) is 53.5 Å². The molecule has 1 aromatic carbocycles. The largest absolute Gasteiger partial charge is 0.378 e. The maximum absolute atomic E-state index is 6.23. The molecular formula is C14H14Cl2N2. The van der Waals surface area contributed by atoms with E-state index in [2.05, 4.69) is 22.4 Å². The van der Waals surface area contributed by atoms with E-state index in [4.69, 9.17) is 23.2 Å². The zero-order valence-electron chi connectivity index (χ0n) is 10.3. The van der Waals surface area contributed by atoms with Gasteiger partial charge in [0, 0.05) is 6.54 Å². The van der Waals surface area contributed by atoms with Gasteiger partial charge in [0.1, 0.15) is 0 Å². The van der Waals surface area contributed by atoms with E-state index in [1.54, 1.807) is 0 Å². The molecule has 2 rings (SSSR count). The zero-order chi connectivity index (χ0) is 13.1. The highest BCUT2D eigenvalue weighted by Crippen LogP contribution is 2.34. The van der Waals surface area contributed by atoms with Crippen molar-refractivity contribution in [3.8, 4) is 0 Å². The van der Waals surface area contributed by atoms with Gasteiger partial charge in [-0.05, 0) is 19.4 Å². The van der Waals surface area contributed by atoms with Crippen molar-refractivity contribution in [3.05, 3.63) is 57.3 Å². The summed E-state index contributed by atoms with van der Waals surface area (Å²) in [6, 6.07) is 10.1. The van der Waals surface area contributed by atoms with E-state index >= 15 is 0 Å². The molecule has 0 radical (unpaired) electrons. The monoisotopic (exact) mass is 280 g/mol. The van der Waals surface area contributed by atoms with E-state index in [9.17, 15) is 0 Å². The number of pyridine rings is 1. The van der Waals surface area contributed by atoms with E-state index in [-0.39, 0.29) is 0 Å². The Hall–Kier alpha value is -1.25. The molecule has 0 atom stereocenters. The van der Waals surface area contributed by atoms with Crippen LogP contribution in [0.15, 0.2) is 30.3 Å². The van der Waals surface area contributed by atoms with Crippen molar-refractivity contribution in [2.75, 3.05) is 5.32 Å². The number of hydrogen-bond donors (Lipinski definition) is 1. The van der Waals surface area contributed by atoms with Gasteiger partial charge < -0.3 is 5.32 Å². The number of nitrogens with one attached hydrogen (secondary N) is 1.